The number of nitrogens with one attached hydrogen (secondary N) is 1. The summed E-state index contributed by atoms with van der Waals surface area (Å²) in [4.78, 5) is 2.40. The maximum atomic E-state index is 12.3. The Kier molecular flexibility index (Phi) is 8.26. The normalized spacial score (nSPS) is 24.9. The van der Waals surface area contributed by atoms with Crippen molar-refractivity contribution in [3.8, 4) is 0 Å². The van der Waals surface area contributed by atoms with E-state index < -0.39 is 15.6 Å². The van der Waals surface area contributed by atoms with Crippen LogP contribution in [-0.2, 0) is 31.5 Å². The fourth-order valence-electron chi connectivity index (χ4n) is 5.37. The molecular formula is C26H36N2O5S. The van der Waals surface area contributed by atoms with Gasteiger partial charge in [0.2, 0.25) is 10.0 Å². The average Bonchev–Trinajstić information content (AvgIpc) is 2.99. The summed E-state index contributed by atoms with van der Waals surface area (Å²) in [5.74, 6) is 0.137. The third-order valence-corrected chi connectivity index (χ3v) is 8.40. The first kappa shape index (κ1) is 25.1. The second kappa shape index (κ2) is 11.2. The molecule has 0 aromatic heterocycles. The number of fused-ring (bicyclic) bond motifs is 2. The number of nitrogens with zero attached hydrogens (tertiary/aromatic N) is 1. The Bertz CT molecular complexity index is 1020. The molecule has 186 valence electrons. The van der Waals surface area contributed by atoms with Crippen molar-refractivity contribution in [2.24, 2.45) is 11.8 Å². The van der Waals surface area contributed by atoms with Crippen LogP contribution in [0.3, 0.4) is 0 Å². The van der Waals surface area contributed by atoms with Crippen molar-refractivity contribution >= 4 is 15.7 Å². The van der Waals surface area contributed by atoms with Crippen molar-refractivity contribution in [3.05, 3.63) is 65.7 Å². The lowest BCUT2D eigenvalue weighted by molar-refractivity contribution is -0.0926. The summed E-state index contributed by atoms with van der Waals surface area (Å²) in [7, 11) is -2.02. The van der Waals surface area contributed by atoms with Crippen molar-refractivity contribution < 1.29 is 23.0 Å². The SMILES string of the molecule is COCCS(=O)(=O)Nc1cccc(C2(O)C3CCC2CN(CCOCCc2ccccc2)C3)c1. The topological polar surface area (TPSA) is 88.1 Å². The fourth-order valence-corrected chi connectivity index (χ4v) is 6.35. The predicted octanol–water partition coefficient (Wildman–Crippen LogP) is 2.86. The van der Waals surface area contributed by atoms with Gasteiger partial charge in [0.25, 0.3) is 0 Å². The number of likely N-dealkylation sites (tertiary alicyclic amines) is 1. The van der Waals surface area contributed by atoms with Gasteiger partial charge in [-0.15, -0.1) is 0 Å². The summed E-state index contributed by atoms with van der Waals surface area (Å²) in [5.41, 5.74) is 1.63. The van der Waals surface area contributed by atoms with Crippen LogP contribution >= 0.6 is 0 Å². The molecule has 2 N–H and O–H groups in total. The van der Waals surface area contributed by atoms with Gasteiger partial charge < -0.3 is 19.5 Å². The molecule has 2 aromatic rings. The Morgan fingerprint density at radius 3 is 2.47 bits per heavy atom. The highest BCUT2D eigenvalue weighted by atomic mass is 32.2. The van der Waals surface area contributed by atoms with Gasteiger partial charge in [-0.05, 0) is 42.5 Å². The number of benzene rings is 2. The molecule has 2 aliphatic rings. The van der Waals surface area contributed by atoms with Gasteiger partial charge in [-0.3, -0.25) is 4.72 Å². The third-order valence-electron chi connectivity index (χ3n) is 7.15. The minimum atomic E-state index is -3.50. The number of anilines is 1. The molecule has 2 aromatic carbocycles. The Labute approximate surface area is 203 Å². The minimum Gasteiger partial charge on any atom is -0.384 e. The van der Waals surface area contributed by atoms with Crippen LogP contribution in [0.4, 0.5) is 5.69 Å². The van der Waals surface area contributed by atoms with Gasteiger partial charge in [0.15, 0.2) is 0 Å². The molecule has 1 aliphatic heterocycles. The summed E-state index contributed by atoms with van der Waals surface area (Å²) in [6, 6.07) is 17.6. The Morgan fingerprint density at radius 1 is 1.03 bits per heavy atom. The number of hydrogen-bond acceptors (Lipinski definition) is 6. The lowest BCUT2D eigenvalue weighted by Gasteiger charge is -2.45. The molecule has 0 spiro atoms. The maximum Gasteiger partial charge on any atom is 0.234 e. The van der Waals surface area contributed by atoms with Gasteiger partial charge in [-0.1, -0.05) is 42.5 Å². The molecule has 4 rings (SSSR count). The monoisotopic (exact) mass is 488 g/mol. The van der Waals surface area contributed by atoms with E-state index in [4.69, 9.17) is 9.47 Å². The lowest BCUT2D eigenvalue weighted by atomic mass is 9.75. The molecule has 34 heavy (non-hydrogen) atoms. The van der Waals surface area contributed by atoms with E-state index in [2.05, 4.69) is 21.8 Å². The molecule has 8 heteroatoms. The van der Waals surface area contributed by atoms with Gasteiger partial charge in [0.05, 0.1) is 31.2 Å². The largest absolute Gasteiger partial charge is 0.384 e. The highest BCUT2D eigenvalue weighted by Gasteiger charge is 2.53. The van der Waals surface area contributed by atoms with Crippen molar-refractivity contribution in [2.75, 3.05) is 57.0 Å². The van der Waals surface area contributed by atoms with E-state index in [1.807, 2.05) is 30.3 Å². The van der Waals surface area contributed by atoms with Crippen LogP contribution in [-0.4, -0.2) is 70.7 Å². The van der Waals surface area contributed by atoms with Gasteiger partial charge in [-0.25, -0.2) is 8.42 Å². The summed E-state index contributed by atoms with van der Waals surface area (Å²) in [6.07, 6.45) is 2.85. The fraction of sp³-hybridized carbons (Fsp3) is 0.538. The third kappa shape index (κ3) is 5.98. The summed E-state index contributed by atoms with van der Waals surface area (Å²) in [6.45, 7) is 4.02. The van der Waals surface area contributed by atoms with Crippen molar-refractivity contribution in [2.45, 2.75) is 24.9 Å². The molecule has 1 saturated heterocycles. The molecule has 2 bridgehead atoms. The number of methoxy groups -OCH3 is 1. The second-order valence-corrected chi connectivity index (χ2v) is 11.2. The highest BCUT2D eigenvalue weighted by molar-refractivity contribution is 7.92. The quantitative estimate of drug-likeness (QED) is 0.447. The first-order valence-corrected chi connectivity index (χ1v) is 13.7. The number of ether oxygens (including phenoxy) is 2. The molecule has 2 atom stereocenters. The van der Waals surface area contributed by atoms with Gasteiger partial charge >= 0.3 is 0 Å². The van der Waals surface area contributed by atoms with E-state index in [0.29, 0.717) is 18.9 Å². The van der Waals surface area contributed by atoms with E-state index in [1.165, 1.54) is 12.7 Å². The molecule has 7 nitrogen and oxygen atoms in total. The molecule has 2 fully saturated rings. The van der Waals surface area contributed by atoms with Crippen LogP contribution < -0.4 is 4.72 Å². The zero-order valence-corrected chi connectivity index (χ0v) is 20.7. The molecule has 0 radical (unpaired) electrons. The number of sulfonamides is 1. The Morgan fingerprint density at radius 2 is 1.76 bits per heavy atom. The number of hydrogen-bond donors (Lipinski definition) is 2. The van der Waals surface area contributed by atoms with Gasteiger partial charge in [0, 0.05) is 44.3 Å². The Hall–Kier alpha value is -1.97. The van der Waals surface area contributed by atoms with E-state index in [0.717, 1.165) is 44.5 Å². The summed E-state index contributed by atoms with van der Waals surface area (Å²) in [5, 5.41) is 11.8. The first-order valence-electron chi connectivity index (χ1n) is 12.1. The zero-order chi connectivity index (χ0) is 24.0. The van der Waals surface area contributed by atoms with E-state index >= 15 is 0 Å². The first-order chi connectivity index (χ1) is 16.4. The van der Waals surface area contributed by atoms with Crippen LogP contribution in [0, 0.1) is 11.8 Å². The van der Waals surface area contributed by atoms with Gasteiger partial charge in [-0.2, -0.15) is 0 Å². The van der Waals surface area contributed by atoms with Crippen LogP contribution in [0.15, 0.2) is 54.6 Å². The maximum absolute atomic E-state index is 12.3. The van der Waals surface area contributed by atoms with E-state index in [-0.39, 0.29) is 24.2 Å². The molecule has 1 saturated carbocycles. The van der Waals surface area contributed by atoms with Crippen molar-refractivity contribution in [1.82, 2.24) is 4.90 Å². The smallest absolute Gasteiger partial charge is 0.234 e. The standard InChI is InChI=1S/C26H36N2O5S/c1-32-16-17-34(30,31)27-25-9-5-8-22(18-25)26(29)23-10-11-24(26)20-28(19-23)13-15-33-14-12-21-6-3-2-4-7-21/h2-9,18,23-24,27,29H,10-17,19-20H2,1H3. The van der Waals surface area contributed by atoms with Crippen LogP contribution in [0.2, 0.25) is 0 Å². The Balaban J connectivity index is 1.32. The van der Waals surface area contributed by atoms with Crippen LogP contribution in [0.25, 0.3) is 0 Å². The molecule has 1 heterocycles. The number of rotatable bonds is 12. The lowest BCUT2D eigenvalue weighted by Crippen LogP contribution is -2.52. The average molecular weight is 489 g/mol. The highest BCUT2D eigenvalue weighted by Crippen LogP contribution is 2.51. The van der Waals surface area contributed by atoms with Crippen LogP contribution in [0.5, 0.6) is 0 Å². The summed E-state index contributed by atoms with van der Waals surface area (Å²) >= 11 is 0. The van der Waals surface area contributed by atoms with Crippen LogP contribution in [0.1, 0.15) is 24.0 Å². The second-order valence-electron chi connectivity index (χ2n) is 9.40. The number of piperidine rings is 1. The van der Waals surface area contributed by atoms with Gasteiger partial charge in [0.1, 0.15) is 0 Å². The molecule has 0 amide bonds. The van der Waals surface area contributed by atoms with E-state index in [9.17, 15) is 13.5 Å². The van der Waals surface area contributed by atoms with Crippen molar-refractivity contribution in [3.63, 3.8) is 0 Å². The van der Waals surface area contributed by atoms with E-state index in [1.54, 1.807) is 12.1 Å². The minimum absolute atomic E-state index is 0.106. The summed E-state index contributed by atoms with van der Waals surface area (Å²) < 4.78 is 37.9. The molecular weight excluding hydrogens is 452 g/mol. The predicted molar refractivity (Wildman–Crippen MR) is 133 cm³/mol. The van der Waals surface area contributed by atoms with Crippen molar-refractivity contribution in [1.29, 1.82) is 0 Å². The zero-order valence-electron chi connectivity index (χ0n) is 19.9. The number of aliphatic hydroxyl groups is 1. The molecule has 1 aliphatic carbocycles. The molecule has 2 unspecified atom stereocenters.